The number of nitrogens with zero attached hydrogens (tertiary/aromatic N) is 3. The maximum absolute atomic E-state index is 5.46. The first-order valence-corrected chi connectivity index (χ1v) is 9.56. The lowest BCUT2D eigenvalue weighted by Crippen LogP contribution is -2.08. The van der Waals surface area contributed by atoms with Gasteiger partial charge in [-0.05, 0) is 30.4 Å². The van der Waals surface area contributed by atoms with Crippen molar-refractivity contribution in [3.63, 3.8) is 0 Å². The van der Waals surface area contributed by atoms with E-state index in [0.717, 1.165) is 46.2 Å². The van der Waals surface area contributed by atoms with Gasteiger partial charge in [0.05, 0.1) is 19.7 Å². The molecule has 0 saturated heterocycles. The summed E-state index contributed by atoms with van der Waals surface area (Å²) in [5, 5.41) is 9.81. The van der Waals surface area contributed by atoms with E-state index in [2.05, 4.69) is 21.7 Å². The average Bonchev–Trinajstić information content (AvgIpc) is 3.57. The summed E-state index contributed by atoms with van der Waals surface area (Å²) in [6.45, 7) is 0. The molecule has 0 radical (unpaired) electrons. The Bertz CT molecular complexity index is 1200. The molecule has 1 fully saturated rings. The number of ether oxygens (including phenoxy) is 2. The van der Waals surface area contributed by atoms with Gasteiger partial charge >= 0.3 is 0 Å². The molecule has 2 N–H and O–H groups in total. The summed E-state index contributed by atoms with van der Waals surface area (Å²) in [7, 11) is 3.24. The number of benzene rings is 2. The van der Waals surface area contributed by atoms with Gasteiger partial charge in [0.2, 0.25) is 5.95 Å². The second-order valence-corrected chi connectivity index (χ2v) is 7.04. The average molecular weight is 387 g/mol. The van der Waals surface area contributed by atoms with Crippen LogP contribution in [0.1, 0.15) is 12.8 Å². The Hall–Kier alpha value is -3.61. The second-order valence-electron chi connectivity index (χ2n) is 7.04. The molecular weight excluding hydrogens is 366 g/mol. The molecule has 0 atom stereocenters. The minimum Gasteiger partial charge on any atom is -0.493 e. The van der Waals surface area contributed by atoms with Crippen LogP contribution in [0.4, 0.5) is 17.6 Å². The van der Waals surface area contributed by atoms with Gasteiger partial charge in [-0.2, -0.15) is 4.98 Å². The van der Waals surface area contributed by atoms with Crippen molar-refractivity contribution in [1.29, 1.82) is 0 Å². The zero-order chi connectivity index (χ0) is 19.8. The lowest BCUT2D eigenvalue weighted by molar-refractivity contribution is 0.356. The van der Waals surface area contributed by atoms with Gasteiger partial charge in [0.15, 0.2) is 11.5 Å². The van der Waals surface area contributed by atoms with Crippen LogP contribution in [0.3, 0.4) is 0 Å². The topological polar surface area (TPSA) is 81.2 Å². The van der Waals surface area contributed by atoms with E-state index in [9.17, 15) is 0 Å². The fraction of sp³-hybridized carbons (Fsp3) is 0.227. The highest BCUT2D eigenvalue weighted by Crippen LogP contribution is 2.36. The molecule has 1 saturated carbocycles. The van der Waals surface area contributed by atoms with Crippen molar-refractivity contribution < 1.29 is 9.47 Å². The highest BCUT2D eigenvalue weighted by molar-refractivity contribution is 5.95. The summed E-state index contributed by atoms with van der Waals surface area (Å²) in [5.41, 5.74) is 0.767. The molecule has 0 bridgehead atoms. The molecule has 5 rings (SSSR count). The van der Waals surface area contributed by atoms with E-state index in [1.54, 1.807) is 20.4 Å². The summed E-state index contributed by atoms with van der Waals surface area (Å²) in [6, 6.07) is 14.3. The quantitative estimate of drug-likeness (QED) is 0.504. The standard InChI is InChI=1S/C22H21N5O2/c1-28-18-11-16-17(12-19(18)29-2)25-22(27-21(16)24-14-7-8-14)26-20-15-6-4-3-5-13(15)9-10-23-20/h3-6,9-12,14H,7-8H2,1-2H3,(H2,23,24,25,26,27). The summed E-state index contributed by atoms with van der Waals surface area (Å²) in [6.07, 6.45) is 4.07. The summed E-state index contributed by atoms with van der Waals surface area (Å²) in [5.74, 6) is 3.27. The summed E-state index contributed by atoms with van der Waals surface area (Å²) >= 11 is 0. The van der Waals surface area contributed by atoms with Crippen LogP contribution >= 0.6 is 0 Å². The third-order valence-corrected chi connectivity index (χ3v) is 5.02. The number of anilines is 3. The van der Waals surface area contributed by atoms with E-state index in [1.807, 2.05) is 36.4 Å². The van der Waals surface area contributed by atoms with Crippen LogP contribution in [0.15, 0.2) is 48.7 Å². The van der Waals surface area contributed by atoms with Crippen LogP contribution in [0.25, 0.3) is 21.7 Å². The molecule has 2 aromatic heterocycles. The maximum atomic E-state index is 5.46. The normalized spacial score (nSPS) is 13.4. The van der Waals surface area contributed by atoms with Crippen molar-refractivity contribution in [1.82, 2.24) is 15.0 Å². The number of rotatable bonds is 6. The Morgan fingerprint density at radius 3 is 2.48 bits per heavy atom. The Balaban J connectivity index is 1.63. The van der Waals surface area contributed by atoms with Gasteiger partial charge in [0.1, 0.15) is 11.6 Å². The first-order chi connectivity index (χ1) is 14.2. The van der Waals surface area contributed by atoms with Gasteiger partial charge in [-0.15, -0.1) is 0 Å². The number of hydrogen-bond acceptors (Lipinski definition) is 7. The molecule has 29 heavy (non-hydrogen) atoms. The highest BCUT2D eigenvalue weighted by Gasteiger charge is 2.23. The molecule has 0 aliphatic heterocycles. The van der Waals surface area contributed by atoms with Crippen LogP contribution in [0.5, 0.6) is 11.5 Å². The van der Waals surface area contributed by atoms with Crippen molar-refractivity contribution in [2.45, 2.75) is 18.9 Å². The Morgan fingerprint density at radius 1 is 0.897 bits per heavy atom. The zero-order valence-corrected chi connectivity index (χ0v) is 16.3. The van der Waals surface area contributed by atoms with E-state index in [-0.39, 0.29) is 0 Å². The van der Waals surface area contributed by atoms with Crippen LogP contribution in [0.2, 0.25) is 0 Å². The molecule has 0 unspecified atom stereocenters. The predicted molar refractivity (Wildman–Crippen MR) is 114 cm³/mol. The van der Waals surface area contributed by atoms with E-state index >= 15 is 0 Å². The maximum Gasteiger partial charge on any atom is 0.230 e. The molecular formula is C22H21N5O2. The van der Waals surface area contributed by atoms with E-state index < -0.39 is 0 Å². The number of hydrogen-bond donors (Lipinski definition) is 2. The third kappa shape index (κ3) is 3.35. The Morgan fingerprint density at radius 2 is 1.69 bits per heavy atom. The van der Waals surface area contributed by atoms with E-state index in [1.165, 1.54) is 0 Å². The smallest absolute Gasteiger partial charge is 0.230 e. The van der Waals surface area contributed by atoms with Gasteiger partial charge < -0.3 is 20.1 Å². The largest absolute Gasteiger partial charge is 0.493 e. The van der Waals surface area contributed by atoms with Crippen LogP contribution in [0, 0.1) is 0 Å². The first kappa shape index (κ1) is 17.5. The van der Waals surface area contributed by atoms with Gasteiger partial charge in [-0.1, -0.05) is 24.3 Å². The van der Waals surface area contributed by atoms with Gasteiger partial charge in [0.25, 0.3) is 0 Å². The fourth-order valence-electron chi connectivity index (χ4n) is 3.37. The molecule has 1 aliphatic rings. The first-order valence-electron chi connectivity index (χ1n) is 9.56. The van der Waals surface area contributed by atoms with Crippen LogP contribution in [-0.2, 0) is 0 Å². The molecule has 2 heterocycles. The molecule has 0 spiro atoms. The molecule has 4 aromatic rings. The van der Waals surface area contributed by atoms with Crippen molar-refractivity contribution in [3.05, 3.63) is 48.7 Å². The fourth-order valence-corrected chi connectivity index (χ4v) is 3.37. The van der Waals surface area contributed by atoms with Crippen molar-refractivity contribution in [2.24, 2.45) is 0 Å². The van der Waals surface area contributed by atoms with Crippen molar-refractivity contribution in [2.75, 3.05) is 24.9 Å². The van der Waals surface area contributed by atoms with Crippen molar-refractivity contribution >= 4 is 39.3 Å². The van der Waals surface area contributed by atoms with Crippen molar-refractivity contribution in [3.8, 4) is 11.5 Å². The van der Waals surface area contributed by atoms with Crippen LogP contribution in [-0.4, -0.2) is 35.2 Å². The third-order valence-electron chi connectivity index (χ3n) is 5.02. The molecule has 7 nitrogen and oxygen atoms in total. The van der Waals surface area contributed by atoms with Crippen LogP contribution < -0.4 is 20.1 Å². The predicted octanol–water partition coefficient (Wildman–Crippen LogP) is 4.51. The molecule has 2 aromatic carbocycles. The summed E-state index contributed by atoms with van der Waals surface area (Å²) in [4.78, 5) is 13.9. The lowest BCUT2D eigenvalue weighted by Gasteiger charge is -2.14. The van der Waals surface area contributed by atoms with E-state index in [0.29, 0.717) is 23.5 Å². The van der Waals surface area contributed by atoms with Gasteiger partial charge in [0, 0.05) is 29.1 Å². The Labute approximate surface area is 168 Å². The molecule has 146 valence electrons. The number of nitrogens with one attached hydrogen (secondary N) is 2. The number of methoxy groups -OCH3 is 2. The van der Waals surface area contributed by atoms with Gasteiger partial charge in [-0.25, -0.2) is 9.97 Å². The Kier molecular flexibility index (Phi) is 4.27. The lowest BCUT2D eigenvalue weighted by atomic mass is 10.1. The zero-order valence-electron chi connectivity index (χ0n) is 16.3. The summed E-state index contributed by atoms with van der Waals surface area (Å²) < 4.78 is 10.9. The number of fused-ring (bicyclic) bond motifs is 2. The minimum absolute atomic E-state index is 0.449. The highest BCUT2D eigenvalue weighted by atomic mass is 16.5. The monoisotopic (exact) mass is 387 g/mol. The second kappa shape index (κ2) is 7.09. The minimum atomic E-state index is 0.449. The van der Waals surface area contributed by atoms with Gasteiger partial charge in [-0.3, -0.25) is 0 Å². The van der Waals surface area contributed by atoms with E-state index in [4.69, 9.17) is 19.4 Å². The molecule has 7 heteroatoms. The number of aromatic nitrogens is 3. The SMILES string of the molecule is COc1cc2nc(Nc3nccc4ccccc34)nc(NC3CC3)c2cc1OC. The molecule has 1 aliphatic carbocycles. The number of pyridine rings is 1. The molecule has 0 amide bonds.